The minimum Gasteiger partial charge on any atom is -0.493 e. The highest BCUT2D eigenvalue weighted by atomic mass is 19.1. The van der Waals surface area contributed by atoms with Gasteiger partial charge in [-0.15, -0.1) is 0 Å². The fourth-order valence-electron chi connectivity index (χ4n) is 2.34. The van der Waals surface area contributed by atoms with E-state index < -0.39 is 11.9 Å². The molecule has 2 rings (SSSR count). The monoisotopic (exact) mass is 319 g/mol. The fourth-order valence-corrected chi connectivity index (χ4v) is 2.34. The largest absolute Gasteiger partial charge is 0.493 e. The molecule has 2 aromatic rings. The van der Waals surface area contributed by atoms with Crippen LogP contribution >= 0.6 is 0 Å². The molecule has 0 heterocycles. The van der Waals surface area contributed by atoms with Gasteiger partial charge in [0.25, 0.3) is 0 Å². The molecule has 124 valence electrons. The van der Waals surface area contributed by atoms with E-state index in [0.717, 1.165) is 6.54 Å². The molecule has 0 saturated heterocycles. The lowest BCUT2D eigenvalue weighted by Crippen LogP contribution is -2.32. The quantitative estimate of drug-likeness (QED) is 0.812. The Morgan fingerprint density at radius 3 is 2.57 bits per heavy atom. The second kappa shape index (κ2) is 8.50. The Kier molecular flexibility index (Phi) is 6.38. The lowest BCUT2D eigenvalue weighted by atomic mass is 10.2. The van der Waals surface area contributed by atoms with Crippen molar-refractivity contribution < 1.29 is 19.0 Å². The summed E-state index contributed by atoms with van der Waals surface area (Å²) in [5.41, 5.74) is 1.17. The van der Waals surface area contributed by atoms with E-state index in [1.54, 1.807) is 12.1 Å². The van der Waals surface area contributed by atoms with E-state index in [1.165, 1.54) is 18.7 Å². The number of aliphatic hydroxyl groups excluding tert-OH is 1. The van der Waals surface area contributed by atoms with E-state index in [9.17, 15) is 9.50 Å². The maximum atomic E-state index is 13.7. The summed E-state index contributed by atoms with van der Waals surface area (Å²) >= 11 is 0. The number of benzene rings is 2. The first-order chi connectivity index (χ1) is 11.1. The van der Waals surface area contributed by atoms with Crippen molar-refractivity contribution >= 4 is 0 Å². The molecule has 1 atom stereocenters. The molecule has 0 bridgehead atoms. The minimum absolute atomic E-state index is 0.00355. The molecule has 0 amide bonds. The van der Waals surface area contributed by atoms with E-state index in [-0.39, 0.29) is 12.4 Å². The highest BCUT2D eigenvalue weighted by molar-refractivity contribution is 5.40. The van der Waals surface area contributed by atoms with E-state index in [4.69, 9.17) is 9.47 Å². The van der Waals surface area contributed by atoms with Crippen molar-refractivity contribution in [3.8, 4) is 11.5 Å². The van der Waals surface area contributed by atoms with Crippen molar-refractivity contribution in [1.29, 1.82) is 0 Å². The topological polar surface area (TPSA) is 41.9 Å². The number of para-hydroxylation sites is 1. The van der Waals surface area contributed by atoms with Crippen LogP contribution < -0.4 is 9.47 Å². The zero-order valence-corrected chi connectivity index (χ0v) is 13.4. The standard InChI is InChI=1S/C18H22FNO3/c1-20(11-14-7-4-3-5-8-14)12-15(21)13-23-18-16(19)9-6-10-17(18)22-2/h3-10,15,21H,11-13H2,1-2H3. The second-order valence-electron chi connectivity index (χ2n) is 5.42. The third-order valence-electron chi connectivity index (χ3n) is 3.39. The molecule has 0 aliphatic rings. The number of hydrogen-bond acceptors (Lipinski definition) is 4. The molecular formula is C18H22FNO3. The van der Waals surface area contributed by atoms with Gasteiger partial charge in [-0.1, -0.05) is 36.4 Å². The molecule has 2 aromatic carbocycles. The summed E-state index contributed by atoms with van der Waals surface area (Å²) in [4.78, 5) is 1.99. The number of rotatable bonds is 8. The molecule has 4 nitrogen and oxygen atoms in total. The predicted molar refractivity (Wildman–Crippen MR) is 87.2 cm³/mol. The highest BCUT2D eigenvalue weighted by Crippen LogP contribution is 2.29. The lowest BCUT2D eigenvalue weighted by Gasteiger charge is -2.21. The predicted octanol–water partition coefficient (Wildman–Crippen LogP) is 2.71. The van der Waals surface area contributed by atoms with Crippen molar-refractivity contribution in [3.63, 3.8) is 0 Å². The van der Waals surface area contributed by atoms with Gasteiger partial charge < -0.3 is 14.6 Å². The molecule has 0 aliphatic carbocycles. The third kappa shape index (κ3) is 5.23. The average Bonchev–Trinajstić information content (AvgIpc) is 2.54. The summed E-state index contributed by atoms with van der Waals surface area (Å²) in [5.74, 6) is -0.163. The Morgan fingerprint density at radius 1 is 1.13 bits per heavy atom. The molecule has 0 aromatic heterocycles. The number of likely N-dealkylation sites (N-methyl/N-ethyl adjacent to an activating group) is 1. The molecule has 1 N–H and O–H groups in total. The van der Waals surface area contributed by atoms with Crippen LogP contribution in [0.25, 0.3) is 0 Å². The van der Waals surface area contributed by atoms with Crippen molar-refractivity contribution in [2.45, 2.75) is 12.6 Å². The fraction of sp³-hybridized carbons (Fsp3) is 0.333. The smallest absolute Gasteiger partial charge is 0.197 e. The molecule has 0 radical (unpaired) electrons. The first-order valence-electron chi connectivity index (χ1n) is 7.46. The maximum Gasteiger partial charge on any atom is 0.197 e. The summed E-state index contributed by atoms with van der Waals surface area (Å²) in [6, 6.07) is 14.4. The summed E-state index contributed by atoms with van der Waals surface area (Å²) in [6.07, 6.45) is -0.729. The summed E-state index contributed by atoms with van der Waals surface area (Å²) in [7, 11) is 3.37. The Hall–Kier alpha value is -2.11. The van der Waals surface area contributed by atoms with Gasteiger partial charge in [-0.3, -0.25) is 4.90 Å². The van der Waals surface area contributed by atoms with Crippen LogP contribution in [0.1, 0.15) is 5.56 Å². The summed E-state index contributed by atoms with van der Waals surface area (Å²) in [5, 5.41) is 10.1. The number of aliphatic hydroxyl groups is 1. The highest BCUT2D eigenvalue weighted by Gasteiger charge is 2.14. The molecule has 0 spiro atoms. The average molecular weight is 319 g/mol. The van der Waals surface area contributed by atoms with E-state index >= 15 is 0 Å². The van der Waals surface area contributed by atoms with Crippen LogP contribution in [0, 0.1) is 5.82 Å². The summed E-state index contributed by atoms with van der Waals surface area (Å²) < 4.78 is 24.2. The number of methoxy groups -OCH3 is 1. The zero-order chi connectivity index (χ0) is 16.7. The van der Waals surface area contributed by atoms with Crippen LogP contribution in [0.4, 0.5) is 4.39 Å². The van der Waals surface area contributed by atoms with E-state index in [0.29, 0.717) is 12.3 Å². The molecule has 1 unspecified atom stereocenters. The van der Waals surface area contributed by atoms with Gasteiger partial charge in [-0.2, -0.15) is 0 Å². The third-order valence-corrected chi connectivity index (χ3v) is 3.39. The van der Waals surface area contributed by atoms with Gasteiger partial charge in [-0.25, -0.2) is 4.39 Å². The Balaban J connectivity index is 1.84. The van der Waals surface area contributed by atoms with Crippen LogP contribution in [0.15, 0.2) is 48.5 Å². The van der Waals surface area contributed by atoms with Gasteiger partial charge in [0.1, 0.15) is 12.7 Å². The van der Waals surface area contributed by atoms with Crippen LogP contribution in [-0.2, 0) is 6.54 Å². The normalized spacial score (nSPS) is 12.2. The molecule has 5 heteroatoms. The van der Waals surface area contributed by atoms with Gasteiger partial charge in [0.05, 0.1) is 7.11 Å². The van der Waals surface area contributed by atoms with Gasteiger partial charge in [0.2, 0.25) is 0 Å². The molecule has 23 heavy (non-hydrogen) atoms. The Labute approximate surface area is 136 Å². The molecule has 0 saturated carbocycles. The summed E-state index contributed by atoms with van der Waals surface area (Å²) in [6.45, 7) is 1.14. The molecule has 0 fully saturated rings. The Bertz CT molecular complexity index is 606. The van der Waals surface area contributed by atoms with Gasteiger partial charge in [0, 0.05) is 13.1 Å². The van der Waals surface area contributed by atoms with E-state index in [1.807, 2.05) is 42.3 Å². The SMILES string of the molecule is COc1cccc(F)c1OCC(O)CN(C)Cc1ccccc1. The zero-order valence-electron chi connectivity index (χ0n) is 13.4. The lowest BCUT2D eigenvalue weighted by molar-refractivity contribution is 0.0716. The van der Waals surface area contributed by atoms with Crippen molar-refractivity contribution in [2.24, 2.45) is 0 Å². The first-order valence-corrected chi connectivity index (χ1v) is 7.46. The van der Waals surface area contributed by atoms with Crippen molar-refractivity contribution in [2.75, 3.05) is 27.3 Å². The van der Waals surface area contributed by atoms with Crippen LogP contribution in [0.3, 0.4) is 0 Å². The van der Waals surface area contributed by atoms with Crippen LogP contribution in [0.2, 0.25) is 0 Å². The van der Waals surface area contributed by atoms with Crippen LogP contribution in [-0.4, -0.2) is 43.4 Å². The molecular weight excluding hydrogens is 297 g/mol. The second-order valence-corrected chi connectivity index (χ2v) is 5.42. The minimum atomic E-state index is -0.729. The number of nitrogens with zero attached hydrogens (tertiary/aromatic N) is 1. The number of halogens is 1. The van der Waals surface area contributed by atoms with Crippen molar-refractivity contribution in [1.82, 2.24) is 4.90 Å². The van der Waals surface area contributed by atoms with Crippen molar-refractivity contribution in [3.05, 3.63) is 59.9 Å². The molecule has 0 aliphatic heterocycles. The van der Waals surface area contributed by atoms with Gasteiger partial charge in [0.15, 0.2) is 17.3 Å². The number of ether oxygens (including phenoxy) is 2. The first kappa shape index (κ1) is 17.2. The maximum absolute atomic E-state index is 13.7. The van der Waals surface area contributed by atoms with Gasteiger partial charge >= 0.3 is 0 Å². The Morgan fingerprint density at radius 2 is 1.87 bits per heavy atom. The van der Waals surface area contributed by atoms with Crippen LogP contribution in [0.5, 0.6) is 11.5 Å². The van der Waals surface area contributed by atoms with Gasteiger partial charge in [-0.05, 0) is 24.7 Å². The number of hydrogen-bond donors (Lipinski definition) is 1. The van der Waals surface area contributed by atoms with E-state index in [2.05, 4.69) is 0 Å².